The van der Waals surface area contributed by atoms with Gasteiger partial charge in [-0.05, 0) is 18.6 Å². The second-order valence-electron chi connectivity index (χ2n) is 4.36. The summed E-state index contributed by atoms with van der Waals surface area (Å²) in [5, 5.41) is 11.5. The predicted molar refractivity (Wildman–Crippen MR) is 69.2 cm³/mol. The van der Waals surface area contributed by atoms with Crippen molar-refractivity contribution in [2.24, 2.45) is 11.7 Å². The lowest BCUT2D eigenvalue weighted by atomic mass is 10.0. The van der Waals surface area contributed by atoms with Crippen molar-refractivity contribution in [2.75, 3.05) is 5.32 Å². The summed E-state index contributed by atoms with van der Waals surface area (Å²) in [7, 11) is 0. The SMILES string of the molecule is CC(N)C(C)C(=O)Nc1ccccc1CC(=O)O. The molecule has 0 aliphatic rings. The number of hydrogen-bond acceptors (Lipinski definition) is 3. The Morgan fingerprint density at radius 1 is 1.33 bits per heavy atom. The molecule has 1 rings (SSSR count). The Kier molecular flexibility index (Phi) is 4.85. The largest absolute Gasteiger partial charge is 0.481 e. The van der Waals surface area contributed by atoms with Crippen LogP contribution >= 0.6 is 0 Å². The molecule has 1 amide bonds. The summed E-state index contributed by atoms with van der Waals surface area (Å²) in [5.74, 6) is -1.47. The molecule has 18 heavy (non-hydrogen) atoms. The second kappa shape index (κ2) is 6.16. The summed E-state index contributed by atoms with van der Waals surface area (Å²) < 4.78 is 0. The molecule has 1 aromatic carbocycles. The van der Waals surface area contributed by atoms with Crippen LogP contribution in [0.3, 0.4) is 0 Å². The molecule has 0 radical (unpaired) electrons. The van der Waals surface area contributed by atoms with Crippen LogP contribution in [0.15, 0.2) is 24.3 Å². The van der Waals surface area contributed by atoms with Crippen molar-refractivity contribution in [1.82, 2.24) is 0 Å². The van der Waals surface area contributed by atoms with Gasteiger partial charge in [0.25, 0.3) is 0 Å². The highest BCUT2D eigenvalue weighted by atomic mass is 16.4. The lowest BCUT2D eigenvalue weighted by Gasteiger charge is -2.16. The van der Waals surface area contributed by atoms with Gasteiger partial charge in [-0.1, -0.05) is 25.1 Å². The van der Waals surface area contributed by atoms with Crippen LogP contribution in [0.1, 0.15) is 19.4 Å². The molecule has 2 atom stereocenters. The van der Waals surface area contributed by atoms with Crippen molar-refractivity contribution in [1.29, 1.82) is 0 Å². The lowest BCUT2D eigenvalue weighted by Crippen LogP contribution is -2.34. The van der Waals surface area contributed by atoms with Gasteiger partial charge in [-0.25, -0.2) is 0 Å². The highest BCUT2D eigenvalue weighted by molar-refractivity contribution is 5.94. The number of carboxylic acids is 1. The first-order valence-electron chi connectivity index (χ1n) is 5.78. The van der Waals surface area contributed by atoms with Crippen molar-refractivity contribution in [3.05, 3.63) is 29.8 Å². The first kappa shape index (κ1) is 14.2. The Labute approximate surface area is 106 Å². The zero-order valence-electron chi connectivity index (χ0n) is 10.5. The maximum absolute atomic E-state index is 11.9. The van der Waals surface area contributed by atoms with Crippen molar-refractivity contribution in [2.45, 2.75) is 26.3 Å². The van der Waals surface area contributed by atoms with E-state index in [9.17, 15) is 9.59 Å². The standard InChI is InChI=1S/C13H18N2O3/c1-8(9(2)14)13(18)15-11-6-4-3-5-10(11)7-12(16)17/h3-6,8-9H,7,14H2,1-2H3,(H,15,18)(H,16,17). The van der Waals surface area contributed by atoms with E-state index < -0.39 is 5.97 Å². The van der Waals surface area contributed by atoms with Crippen LogP contribution in [-0.2, 0) is 16.0 Å². The normalized spacial score (nSPS) is 13.7. The van der Waals surface area contributed by atoms with Crippen LogP contribution < -0.4 is 11.1 Å². The molecular formula is C13H18N2O3. The van der Waals surface area contributed by atoms with Gasteiger partial charge in [-0.3, -0.25) is 9.59 Å². The van der Waals surface area contributed by atoms with Gasteiger partial charge in [-0.2, -0.15) is 0 Å². The van der Waals surface area contributed by atoms with Crippen LogP contribution in [0.25, 0.3) is 0 Å². The Balaban J connectivity index is 2.84. The van der Waals surface area contributed by atoms with Gasteiger partial charge in [0.05, 0.1) is 12.3 Å². The van der Waals surface area contributed by atoms with Gasteiger partial charge in [-0.15, -0.1) is 0 Å². The van der Waals surface area contributed by atoms with Crippen LogP contribution in [0.2, 0.25) is 0 Å². The number of anilines is 1. The zero-order valence-corrected chi connectivity index (χ0v) is 10.5. The number of carboxylic acid groups (broad SMARTS) is 1. The number of carbonyl (C=O) groups is 2. The molecule has 0 bridgehead atoms. The number of rotatable bonds is 5. The third-order valence-corrected chi connectivity index (χ3v) is 2.82. The number of nitrogens with two attached hydrogens (primary N) is 1. The van der Waals surface area contributed by atoms with Crippen molar-refractivity contribution >= 4 is 17.6 Å². The minimum Gasteiger partial charge on any atom is -0.481 e. The Bertz CT molecular complexity index is 444. The molecule has 5 heteroatoms. The van der Waals surface area contributed by atoms with E-state index in [1.165, 1.54) is 0 Å². The maximum Gasteiger partial charge on any atom is 0.307 e. The van der Waals surface area contributed by atoms with Crippen LogP contribution in [0.5, 0.6) is 0 Å². The molecule has 0 heterocycles. The van der Waals surface area contributed by atoms with E-state index in [2.05, 4.69) is 5.32 Å². The van der Waals surface area contributed by atoms with Gasteiger partial charge in [0.15, 0.2) is 0 Å². The van der Waals surface area contributed by atoms with Crippen molar-refractivity contribution < 1.29 is 14.7 Å². The average molecular weight is 250 g/mol. The van der Waals surface area contributed by atoms with Crippen molar-refractivity contribution in [3.63, 3.8) is 0 Å². The van der Waals surface area contributed by atoms with E-state index in [4.69, 9.17) is 10.8 Å². The van der Waals surface area contributed by atoms with Gasteiger partial charge < -0.3 is 16.2 Å². The second-order valence-corrected chi connectivity index (χ2v) is 4.36. The highest BCUT2D eigenvalue weighted by Gasteiger charge is 2.18. The van der Waals surface area contributed by atoms with Crippen LogP contribution in [0, 0.1) is 5.92 Å². The Morgan fingerprint density at radius 3 is 2.50 bits per heavy atom. The summed E-state index contributed by atoms with van der Waals surface area (Å²) in [4.78, 5) is 22.6. The van der Waals surface area contributed by atoms with Crippen LogP contribution in [0.4, 0.5) is 5.69 Å². The third-order valence-electron chi connectivity index (χ3n) is 2.82. The number of benzene rings is 1. The fraction of sp³-hybridized carbons (Fsp3) is 0.385. The molecule has 98 valence electrons. The summed E-state index contributed by atoms with van der Waals surface area (Å²) in [6, 6.07) is 6.60. The number of hydrogen-bond donors (Lipinski definition) is 3. The molecule has 0 aliphatic carbocycles. The van der Waals surface area contributed by atoms with Crippen molar-refractivity contribution in [3.8, 4) is 0 Å². The number of aliphatic carboxylic acids is 1. The smallest absolute Gasteiger partial charge is 0.307 e. The number of amides is 1. The first-order chi connectivity index (χ1) is 8.41. The summed E-state index contributed by atoms with van der Waals surface area (Å²) in [6.07, 6.45) is -0.122. The van der Waals surface area contributed by atoms with Crippen LogP contribution in [-0.4, -0.2) is 23.0 Å². The fourth-order valence-electron chi connectivity index (χ4n) is 1.44. The summed E-state index contributed by atoms with van der Waals surface area (Å²) in [5.41, 5.74) is 6.76. The molecule has 0 spiro atoms. The predicted octanol–water partition coefficient (Wildman–Crippen LogP) is 1.24. The van der Waals surface area contributed by atoms with E-state index >= 15 is 0 Å². The molecule has 5 nitrogen and oxygen atoms in total. The minimum atomic E-state index is -0.933. The van der Waals surface area contributed by atoms with E-state index in [0.717, 1.165) is 0 Å². The maximum atomic E-state index is 11.9. The lowest BCUT2D eigenvalue weighted by molar-refractivity contribution is -0.136. The number of nitrogens with one attached hydrogen (secondary N) is 1. The molecular weight excluding hydrogens is 232 g/mol. The summed E-state index contributed by atoms with van der Waals surface area (Å²) in [6.45, 7) is 3.49. The van der Waals surface area contributed by atoms with E-state index in [-0.39, 0.29) is 24.3 Å². The minimum absolute atomic E-state index is 0.122. The molecule has 2 unspecified atom stereocenters. The van der Waals surface area contributed by atoms with E-state index in [0.29, 0.717) is 11.3 Å². The fourth-order valence-corrected chi connectivity index (χ4v) is 1.44. The van der Waals surface area contributed by atoms with Gasteiger partial charge in [0.1, 0.15) is 0 Å². The molecule has 1 aromatic rings. The Hall–Kier alpha value is -1.88. The monoisotopic (exact) mass is 250 g/mol. The zero-order chi connectivity index (χ0) is 13.7. The molecule has 4 N–H and O–H groups in total. The molecule has 0 aromatic heterocycles. The van der Waals surface area contributed by atoms with Gasteiger partial charge in [0.2, 0.25) is 5.91 Å². The molecule has 0 saturated heterocycles. The van der Waals surface area contributed by atoms with Gasteiger partial charge >= 0.3 is 5.97 Å². The van der Waals surface area contributed by atoms with E-state index in [1.807, 2.05) is 0 Å². The Morgan fingerprint density at radius 2 is 1.94 bits per heavy atom. The summed E-state index contributed by atoms with van der Waals surface area (Å²) >= 11 is 0. The van der Waals surface area contributed by atoms with E-state index in [1.54, 1.807) is 38.1 Å². The molecule has 0 fully saturated rings. The first-order valence-corrected chi connectivity index (χ1v) is 5.78. The molecule has 0 saturated carbocycles. The van der Waals surface area contributed by atoms with Gasteiger partial charge in [0, 0.05) is 11.7 Å². The average Bonchev–Trinajstić information content (AvgIpc) is 2.29. The number of para-hydroxylation sites is 1. The topological polar surface area (TPSA) is 92.4 Å². The molecule has 0 aliphatic heterocycles. The quantitative estimate of drug-likeness (QED) is 0.733. The number of carbonyl (C=O) groups excluding carboxylic acids is 1. The highest BCUT2D eigenvalue weighted by Crippen LogP contribution is 2.17. The third kappa shape index (κ3) is 3.85.